The molecule has 0 spiro atoms. The summed E-state index contributed by atoms with van der Waals surface area (Å²) in [6.45, 7) is 1.99. The predicted octanol–water partition coefficient (Wildman–Crippen LogP) is 2.46. The van der Waals surface area contributed by atoms with Gasteiger partial charge in [-0.15, -0.1) is 0 Å². The zero-order chi connectivity index (χ0) is 18.6. The van der Waals surface area contributed by atoms with E-state index >= 15 is 0 Å². The lowest BCUT2D eigenvalue weighted by Gasteiger charge is -2.14. The van der Waals surface area contributed by atoms with E-state index in [0.717, 1.165) is 11.3 Å². The molecule has 0 radical (unpaired) electrons. The molecule has 0 saturated carbocycles. The number of hydrogen-bond acceptors (Lipinski definition) is 6. The van der Waals surface area contributed by atoms with E-state index in [-0.39, 0.29) is 11.9 Å². The molecule has 0 unspecified atom stereocenters. The maximum Gasteiger partial charge on any atom is 0.254 e. The Kier molecular flexibility index (Phi) is 4.52. The van der Waals surface area contributed by atoms with Gasteiger partial charge in [0, 0.05) is 48.9 Å². The van der Waals surface area contributed by atoms with Crippen molar-refractivity contribution in [2.75, 3.05) is 0 Å². The highest BCUT2D eigenvalue weighted by Crippen LogP contribution is 2.17. The molecule has 4 rings (SSSR count). The van der Waals surface area contributed by atoms with Crippen molar-refractivity contribution in [3.63, 3.8) is 0 Å². The Morgan fingerprint density at radius 2 is 1.93 bits per heavy atom. The number of hydrogen-bond donors (Lipinski definition) is 1. The Hall–Kier alpha value is -3.68. The highest BCUT2D eigenvalue weighted by atomic mass is 16.1. The van der Waals surface area contributed by atoms with Crippen molar-refractivity contribution in [1.82, 2.24) is 34.6 Å². The maximum absolute atomic E-state index is 12.6. The zero-order valence-electron chi connectivity index (χ0n) is 14.6. The van der Waals surface area contributed by atoms with E-state index in [2.05, 4.69) is 30.2 Å². The molecular formula is C19H17N7O. The van der Waals surface area contributed by atoms with Crippen LogP contribution in [0, 0.1) is 0 Å². The zero-order valence-corrected chi connectivity index (χ0v) is 14.6. The average molecular weight is 359 g/mol. The largest absolute Gasteiger partial charge is 0.344 e. The third-order valence-corrected chi connectivity index (χ3v) is 4.18. The van der Waals surface area contributed by atoms with Gasteiger partial charge in [0.2, 0.25) is 5.78 Å². The number of rotatable bonds is 5. The first-order chi connectivity index (χ1) is 13.2. The van der Waals surface area contributed by atoms with Crippen molar-refractivity contribution in [3.8, 4) is 11.4 Å². The Morgan fingerprint density at radius 3 is 2.63 bits per heavy atom. The van der Waals surface area contributed by atoms with Gasteiger partial charge in [0.25, 0.3) is 5.91 Å². The molecule has 0 aliphatic rings. The van der Waals surface area contributed by atoms with E-state index in [1.165, 1.54) is 12.4 Å². The molecule has 0 saturated heterocycles. The first kappa shape index (κ1) is 16.8. The monoisotopic (exact) mass is 359 g/mol. The Balaban J connectivity index is 1.51. The van der Waals surface area contributed by atoms with Crippen LogP contribution in [0.4, 0.5) is 0 Å². The summed E-state index contributed by atoms with van der Waals surface area (Å²) < 4.78 is 1.83. The predicted molar refractivity (Wildman–Crippen MR) is 98.7 cm³/mol. The van der Waals surface area contributed by atoms with Gasteiger partial charge in [0.1, 0.15) is 0 Å². The van der Waals surface area contributed by atoms with Crippen LogP contribution in [-0.2, 0) is 0 Å². The van der Waals surface area contributed by atoms with Crippen molar-refractivity contribution in [1.29, 1.82) is 0 Å². The summed E-state index contributed by atoms with van der Waals surface area (Å²) in [7, 11) is 0. The van der Waals surface area contributed by atoms with Crippen LogP contribution >= 0.6 is 0 Å². The van der Waals surface area contributed by atoms with Crippen LogP contribution in [0.1, 0.15) is 35.4 Å². The summed E-state index contributed by atoms with van der Waals surface area (Å²) >= 11 is 0. The van der Waals surface area contributed by atoms with Crippen LogP contribution in [-0.4, -0.2) is 35.2 Å². The highest BCUT2D eigenvalue weighted by Gasteiger charge is 2.18. The van der Waals surface area contributed by atoms with Crippen molar-refractivity contribution >= 4 is 11.7 Å². The summed E-state index contributed by atoms with van der Waals surface area (Å²) in [6, 6.07) is 5.25. The number of aromatic nitrogens is 6. The molecule has 0 fully saturated rings. The topological polar surface area (TPSA) is 98.0 Å². The minimum Gasteiger partial charge on any atom is -0.344 e. The van der Waals surface area contributed by atoms with Crippen molar-refractivity contribution in [2.45, 2.75) is 19.4 Å². The number of nitrogens with one attached hydrogen (secondary N) is 1. The molecule has 0 bridgehead atoms. The van der Waals surface area contributed by atoms with Gasteiger partial charge in [-0.25, -0.2) is 19.9 Å². The SMILES string of the molecule is CC[C@H](NC(=O)c1cnc(-c2ccncc2)nc1)c1cn2cccnc2n1. The quantitative estimate of drug-likeness (QED) is 0.588. The molecule has 0 aliphatic heterocycles. The molecule has 8 heteroatoms. The average Bonchev–Trinajstić information content (AvgIpc) is 3.16. The molecular weight excluding hydrogens is 342 g/mol. The number of nitrogens with zero attached hydrogens (tertiary/aromatic N) is 6. The fourth-order valence-electron chi connectivity index (χ4n) is 2.74. The van der Waals surface area contributed by atoms with Crippen molar-refractivity contribution < 1.29 is 4.79 Å². The Morgan fingerprint density at radius 1 is 1.15 bits per heavy atom. The Bertz CT molecular complexity index is 1030. The summed E-state index contributed by atoms with van der Waals surface area (Å²) in [5.41, 5.74) is 2.01. The van der Waals surface area contributed by atoms with Gasteiger partial charge in [0.15, 0.2) is 5.82 Å². The lowest BCUT2D eigenvalue weighted by Crippen LogP contribution is -2.28. The number of carbonyl (C=O) groups excluding carboxylic acids is 1. The lowest BCUT2D eigenvalue weighted by atomic mass is 10.1. The van der Waals surface area contributed by atoms with Gasteiger partial charge in [-0.1, -0.05) is 6.92 Å². The number of fused-ring (bicyclic) bond motifs is 1. The van der Waals surface area contributed by atoms with E-state index in [4.69, 9.17) is 0 Å². The van der Waals surface area contributed by atoms with Gasteiger partial charge in [-0.3, -0.25) is 14.2 Å². The summed E-state index contributed by atoms with van der Waals surface area (Å²) in [6.07, 6.45) is 12.5. The number of pyridine rings is 1. The van der Waals surface area contributed by atoms with Crippen LogP contribution in [0.5, 0.6) is 0 Å². The minimum absolute atomic E-state index is 0.223. The van der Waals surface area contributed by atoms with Gasteiger partial charge >= 0.3 is 0 Å². The molecule has 134 valence electrons. The molecule has 1 N–H and O–H groups in total. The minimum atomic E-state index is -0.242. The second-order valence-corrected chi connectivity index (χ2v) is 5.96. The molecule has 0 aliphatic carbocycles. The summed E-state index contributed by atoms with van der Waals surface area (Å²) in [5, 5.41) is 2.99. The number of imidazole rings is 1. The molecule has 8 nitrogen and oxygen atoms in total. The van der Waals surface area contributed by atoms with E-state index in [0.29, 0.717) is 23.6 Å². The fourth-order valence-corrected chi connectivity index (χ4v) is 2.74. The second-order valence-electron chi connectivity index (χ2n) is 5.96. The molecule has 1 amide bonds. The molecule has 0 aromatic carbocycles. The van der Waals surface area contributed by atoms with E-state index in [1.807, 2.05) is 41.9 Å². The summed E-state index contributed by atoms with van der Waals surface area (Å²) in [5.74, 6) is 0.908. The lowest BCUT2D eigenvalue weighted by molar-refractivity contribution is 0.0934. The molecule has 4 heterocycles. The van der Waals surface area contributed by atoms with E-state index in [9.17, 15) is 4.79 Å². The first-order valence-corrected chi connectivity index (χ1v) is 8.57. The molecule has 27 heavy (non-hydrogen) atoms. The molecule has 4 aromatic rings. The standard InChI is InChI=1S/C19H17N7O/c1-2-15(16-12-26-9-3-6-21-19(26)25-16)24-18(27)14-10-22-17(23-11-14)13-4-7-20-8-5-13/h3-12,15H,2H2,1H3,(H,24,27)/t15-/m0/s1. The second kappa shape index (κ2) is 7.28. The van der Waals surface area contributed by atoms with Crippen molar-refractivity contribution in [2.24, 2.45) is 0 Å². The van der Waals surface area contributed by atoms with Crippen LogP contribution in [0.3, 0.4) is 0 Å². The van der Waals surface area contributed by atoms with Gasteiger partial charge in [-0.2, -0.15) is 0 Å². The Labute approximate surface area is 155 Å². The smallest absolute Gasteiger partial charge is 0.254 e. The van der Waals surface area contributed by atoms with Gasteiger partial charge in [0.05, 0.1) is 17.3 Å². The molecule has 4 aromatic heterocycles. The van der Waals surface area contributed by atoms with Crippen LogP contribution in [0.2, 0.25) is 0 Å². The van der Waals surface area contributed by atoms with E-state index < -0.39 is 0 Å². The van der Waals surface area contributed by atoms with Crippen LogP contribution in [0.25, 0.3) is 17.2 Å². The fraction of sp³-hybridized carbons (Fsp3) is 0.158. The maximum atomic E-state index is 12.6. The molecule has 1 atom stereocenters. The normalized spacial score (nSPS) is 12.0. The first-order valence-electron chi connectivity index (χ1n) is 8.57. The highest BCUT2D eigenvalue weighted by molar-refractivity contribution is 5.94. The van der Waals surface area contributed by atoms with Gasteiger partial charge < -0.3 is 5.32 Å². The number of carbonyl (C=O) groups is 1. The number of amides is 1. The van der Waals surface area contributed by atoms with E-state index in [1.54, 1.807) is 18.6 Å². The third kappa shape index (κ3) is 3.50. The van der Waals surface area contributed by atoms with Crippen LogP contribution < -0.4 is 5.32 Å². The van der Waals surface area contributed by atoms with Crippen molar-refractivity contribution in [3.05, 3.63) is 72.8 Å². The third-order valence-electron chi connectivity index (χ3n) is 4.18. The summed E-state index contributed by atoms with van der Waals surface area (Å²) in [4.78, 5) is 33.8. The van der Waals surface area contributed by atoms with Gasteiger partial charge in [-0.05, 0) is 24.6 Å². The van der Waals surface area contributed by atoms with Crippen LogP contribution in [0.15, 0.2) is 61.6 Å².